The second kappa shape index (κ2) is 13.4. The molecule has 4 atom stereocenters. The van der Waals surface area contributed by atoms with Gasteiger partial charge in [-0.25, -0.2) is 19.7 Å². The molecule has 10 heteroatoms. The Bertz CT molecular complexity index is 1870. The molecule has 4 heterocycles. The molecule has 5 aromatic rings. The number of nitriles is 1. The Hall–Kier alpha value is -5.27. The zero-order valence-electron chi connectivity index (χ0n) is 25.9. The zero-order valence-corrected chi connectivity index (χ0v) is 25.9. The van der Waals surface area contributed by atoms with Crippen molar-refractivity contribution in [3.63, 3.8) is 0 Å². The van der Waals surface area contributed by atoms with Crippen LogP contribution in [0, 0.1) is 17.2 Å². The van der Waals surface area contributed by atoms with E-state index in [1.54, 1.807) is 6.20 Å². The lowest BCUT2D eigenvalue weighted by Crippen LogP contribution is -2.47. The molecule has 1 aliphatic heterocycles. The van der Waals surface area contributed by atoms with Gasteiger partial charge in [0.2, 0.25) is 5.95 Å². The minimum Gasteiger partial charge on any atom is -0.465 e. The Morgan fingerprint density at radius 1 is 1.07 bits per heavy atom. The highest BCUT2D eigenvalue weighted by atomic mass is 16.4. The van der Waals surface area contributed by atoms with Crippen LogP contribution in [0.3, 0.4) is 0 Å². The summed E-state index contributed by atoms with van der Waals surface area (Å²) in [5.74, 6) is 0.339. The van der Waals surface area contributed by atoms with Gasteiger partial charge in [-0.1, -0.05) is 67.6 Å². The van der Waals surface area contributed by atoms with Crippen LogP contribution in [0.5, 0.6) is 0 Å². The Morgan fingerprint density at radius 3 is 2.54 bits per heavy atom. The van der Waals surface area contributed by atoms with Gasteiger partial charge in [0.15, 0.2) is 0 Å². The summed E-state index contributed by atoms with van der Waals surface area (Å²) in [4.78, 5) is 27.2. The molecule has 2 aromatic carbocycles. The first kappa shape index (κ1) is 30.7. The summed E-state index contributed by atoms with van der Waals surface area (Å²) in [5, 5.41) is 34.3. The maximum Gasteiger partial charge on any atom is 0.407 e. The van der Waals surface area contributed by atoms with E-state index in [1.807, 2.05) is 84.3 Å². The largest absolute Gasteiger partial charge is 0.465 e. The van der Waals surface area contributed by atoms with Crippen molar-refractivity contribution in [2.24, 2.45) is 5.92 Å². The molecule has 10 nitrogen and oxygen atoms in total. The molecule has 6 rings (SSSR count). The summed E-state index contributed by atoms with van der Waals surface area (Å²) >= 11 is 0. The lowest BCUT2D eigenvalue weighted by atomic mass is 9.82. The quantitative estimate of drug-likeness (QED) is 0.172. The van der Waals surface area contributed by atoms with Crippen LogP contribution in [-0.4, -0.2) is 53.1 Å². The number of piperidine rings is 1. The van der Waals surface area contributed by atoms with Gasteiger partial charge in [-0.3, -0.25) is 4.40 Å². The second-order valence-corrected chi connectivity index (χ2v) is 11.9. The first-order valence-electron chi connectivity index (χ1n) is 15.7. The number of anilines is 1. The molecule has 0 aliphatic carbocycles. The van der Waals surface area contributed by atoms with Crippen LogP contribution in [-0.2, 0) is 12.8 Å². The average Bonchev–Trinajstić information content (AvgIpc) is 3.52. The van der Waals surface area contributed by atoms with Crippen LogP contribution in [0.25, 0.3) is 17.0 Å². The highest BCUT2D eigenvalue weighted by Crippen LogP contribution is 2.35. The minimum absolute atomic E-state index is 0.0517. The molecular weight excluding hydrogens is 578 g/mol. The molecule has 3 unspecified atom stereocenters. The van der Waals surface area contributed by atoms with Gasteiger partial charge in [-0.15, -0.1) is 0 Å². The Balaban J connectivity index is 1.16. The smallest absolute Gasteiger partial charge is 0.407 e. The van der Waals surface area contributed by atoms with Crippen LogP contribution in [0.2, 0.25) is 0 Å². The molecule has 3 N–H and O–H groups in total. The Labute approximate surface area is 268 Å². The third kappa shape index (κ3) is 6.28. The molecular formula is C36H37N7O3. The number of benzene rings is 2. The summed E-state index contributed by atoms with van der Waals surface area (Å²) in [6.07, 6.45) is 6.23. The molecule has 0 spiro atoms. The SMILES string of the molecule is CCc1cccn2c(-c3nc(N[C@@H](C)c4ccc(C(O)C5CCN(C(=O)O)C(Cc6ccccc6)C5)cc4)ncc3C#N)cnc12. The summed E-state index contributed by atoms with van der Waals surface area (Å²) in [6, 6.07) is 23.6. The van der Waals surface area contributed by atoms with Crippen LogP contribution < -0.4 is 5.32 Å². The van der Waals surface area contributed by atoms with Crippen molar-refractivity contribution < 1.29 is 15.0 Å². The van der Waals surface area contributed by atoms with Gasteiger partial charge in [0.05, 0.1) is 35.8 Å². The number of imidazole rings is 1. The van der Waals surface area contributed by atoms with Gasteiger partial charge in [-0.05, 0) is 66.8 Å². The number of fused-ring (bicyclic) bond motifs is 1. The molecule has 46 heavy (non-hydrogen) atoms. The molecule has 234 valence electrons. The number of rotatable bonds is 9. The number of aromatic nitrogens is 4. The standard InChI is InChI=1S/C36H37N7O3/c1-3-25-10-7-16-43-31(22-38-34(25)43)32-29(20-37)21-39-35(41-32)40-23(2)26-11-13-27(14-12-26)33(44)28-15-17-42(36(45)46)30(19-28)18-24-8-5-4-6-9-24/h4-14,16,21-23,28,30,33,44H,3,15,17-19H2,1-2H3,(H,45,46)(H,39,40,41)/t23-,28?,30?,33?/m0/s1. The third-order valence-corrected chi connectivity index (χ3v) is 9.04. The van der Waals surface area contributed by atoms with Crippen molar-refractivity contribution in [2.75, 3.05) is 11.9 Å². The molecule has 0 radical (unpaired) electrons. The highest BCUT2D eigenvalue weighted by molar-refractivity contribution is 5.68. The lowest BCUT2D eigenvalue weighted by molar-refractivity contribution is 0.0317. The van der Waals surface area contributed by atoms with E-state index in [9.17, 15) is 20.3 Å². The van der Waals surface area contributed by atoms with E-state index < -0.39 is 12.2 Å². The van der Waals surface area contributed by atoms with Gasteiger partial charge in [0.25, 0.3) is 0 Å². The summed E-state index contributed by atoms with van der Waals surface area (Å²) in [6.45, 7) is 4.48. The topological polar surface area (TPSA) is 140 Å². The number of carbonyl (C=O) groups is 1. The van der Waals surface area contributed by atoms with Gasteiger partial charge >= 0.3 is 6.09 Å². The fourth-order valence-electron chi connectivity index (χ4n) is 6.48. The normalized spacial score (nSPS) is 17.7. The highest BCUT2D eigenvalue weighted by Gasteiger charge is 2.35. The molecule has 1 aliphatic rings. The van der Waals surface area contributed by atoms with Crippen molar-refractivity contribution in [1.82, 2.24) is 24.3 Å². The van der Waals surface area contributed by atoms with E-state index >= 15 is 0 Å². The molecule has 1 fully saturated rings. The van der Waals surface area contributed by atoms with Gasteiger partial charge in [0, 0.05) is 18.8 Å². The van der Waals surface area contributed by atoms with Crippen LogP contribution in [0.15, 0.2) is 85.3 Å². The Kier molecular flexibility index (Phi) is 8.94. The second-order valence-electron chi connectivity index (χ2n) is 11.9. The first-order valence-corrected chi connectivity index (χ1v) is 15.7. The first-order chi connectivity index (χ1) is 22.4. The molecule has 0 saturated carbocycles. The van der Waals surface area contributed by atoms with Crippen molar-refractivity contribution >= 4 is 17.7 Å². The fraction of sp³-hybridized carbons (Fsp3) is 0.306. The number of aliphatic hydroxyl groups is 1. The monoisotopic (exact) mass is 615 g/mol. The predicted octanol–water partition coefficient (Wildman–Crippen LogP) is 6.43. The average molecular weight is 616 g/mol. The molecule has 0 bridgehead atoms. The third-order valence-electron chi connectivity index (χ3n) is 9.04. The maximum atomic E-state index is 12.0. The predicted molar refractivity (Wildman–Crippen MR) is 175 cm³/mol. The molecule has 1 saturated heterocycles. The number of hydrogen-bond acceptors (Lipinski definition) is 7. The van der Waals surface area contributed by atoms with E-state index in [2.05, 4.69) is 28.3 Å². The number of aliphatic hydroxyl groups excluding tert-OH is 1. The molecule has 1 amide bonds. The van der Waals surface area contributed by atoms with E-state index in [0.29, 0.717) is 43.0 Å². The number of hydrogen-bond donors (Lipinski definition) is 3. The van der Waals surface area contributed by atoms with E-state index in [-0.39, 0.29) is 18.0 Å². The van der Waals surface area contributed by atoms with Crippen LogP contribution in [0.1, 0.15) is 66.7 Å². The summed E-state index contributed by atoms with van der Waals surface area (Å²) < 4.78 is 1.95. The maximum absolute atomic E-state index is 12.0. The number of nitrogens with one attached hydrogen (secondary N) is 1. The number of nitrogens with zero attached hydrogens (tertiary/aromatic N) is 6. The van der Waals surface area contributed by atoms with Crippen LogP contribution >= 0.6 is 0 Å². The van der Waals surface area contributed by atoms with E-state index in [4.69, 9.17) is 4.98 Å². The van der Waals surface area contributed by atoms with Gasteiger partial charge in [0.1, 0.15) is 17.4 Å². The number of aryl methyl sites for hydroxylation is 1. The number of carboxylic acid groups (broad SMARTS) is 1. The van der Waals surface area contributed by atoms with E-state index in [0.717, 1.165) is 40.0 Å². The number of likely N-dealkylation sites (tertiary alicyclic amines) is 1. The number of pyridine rings is 1. The molecule has 3 aromatic heterocycles. The van der Waals surface area contributed by atoms with Crippen molar-refractivity contribution in [2.45, 2.75) is 57.7 Å². The van der Waals surface area contributed by atoms with Gasteiger partial charge < -0.3 is 20.4 Å². The summed E-state index contributed by atoms with van der Waals surface area (Å²) in [7, 11) is 0. The van der Waals surface area contributed by atoms with Crippen molar-refractivity contribution in [3.05, 3.63) is 113 Å². The minimum atomic E-state index is -0.915. The summed E-state index contributed by atoms with van der Waals surface area (Å²) in [5.41, 5.74) is 6.41. The van der Waals surface area contributed by atoms with E-state index in [1.165, 1.54) is 11.1 Å². The Morgan fingerprint density at radius 2 is 1.83 bits per heavy atom. The van der Waals surface area contributed by atoms with Gasteiger partial charge in [-0.2, -0.15) is 5.26 Å². The van der Waals surface area contributed by atoms with Crippen molar-refractivity contribution in [3.8, 4) is 17.5 Å². The van der Waals surface area contributed by atoms with Crippen LogP contribution in [0.4, 0.5) is 10.7 Å². The van der Waals surface area contributed by atoms with Crippen molar-refractivity contribution in [1.29, 1.82) is 5.26 Å². The number of amides is 1. The lowest BCUT2D eigenvalue weighted by Gasteiger charge is -2.39. The zero-order chi connectivity index (χ0) is 32.2. The fourth-order valence-corrected chi connectivity index (χ4v) is 6.48.